The number of nitrogens with two attached hydrogens (primary N) is 1. The van der Waals surface area contributed by atoms with Gasteiger partial charge in [-0.2, -0.15) is 0 Å². The summed E-state index contributed by atoms with van der Waals surface area (Å²) < 4.78 is 12.9. The first-order chi connectivity index (χ1) is 11.5. The highest BCUT2D eigenvalue weighted by molar-refractivity contribution is 5.87. The third-order valence-corrected chi connectivity index (χ3v) is 3.60. The molecule has 0 saturated heterocycles. The van der Waals surface area contributed by atoms with Crippen LogP contribution in [0, 0.1) is 5.82 Å². The number of carboxylic acids is 1. The van der Waals surface area contributed by atoms with Crippen molar-refractivity contribution in [2.24, 2.45) is 5.73 Å². The molecule has 2 atom stereocenters. The van der Waals surface area contributed by atoms with Crippen molar-refractivity contribution in [1.82, 2.24) is 5.32 Å². The Morgan fingerprint density at radius 1 is 1.00 bits per heavy atom. The van der Waals surface area contributed by atoms with Crippen LogP contribution in [-0.2, 0) is 22.4 Å². The highest BCUT2D eigenvalue weighted by Crippen LogP contribution is 2.07. The lowest BCUT2D eigenvalue weighted by atomic mass is 10.0. The number of amides is 1. The van der Waals surface area contributed by atoms with Crippen molar-refractivity contribution in [2.45, 2.75) is 24.9 Å². The minimum absolute atomic E-state index is 0.0550. The van der Waals surface area contributed by atoms with Crippen molar-refractivity contribution < 1.29 is 19.1 Å². The molecule has 0 spiro atoms. The van der Waals surface area contributed by atoms with Crippen molar-refractivity contribution in [1.29, 1.82) is 0 Å². The van der Waals surface area contributed by atoms with Crippen LogP contribution in [0.2, 0.25) is 0 Å². The maximum Gasteiger partial charge on any atom is 0.326 e. The number of hydrogen-bond acceptors (Lipinski definition) is 3. The van der Waals surface area contributed by atoms with Crippen molar-refractivity contribution in [3.63, 3.8) is 0 Å². The first kappa shape index (κ1) is 17.6. The van der Waals surface area contributed by atoms with E-state index in [0.29, 0.717) is 12.0 Å². The van der Waals surface area contributed by atoms with E-state index in [9.17, 15) is 19.1 Å². The molecule has 5 nitrogen and oxygen atoms in total. The molecule has 0 saturated carbocycles. The molecule has 0 aromatic heterocycles. The normalized spacial score (nSPS) is 13.1. The largest absolute Gasteiger partial charge is 0.480 e. The molecule has 0 aliphatic heterocycles. The summed E-state index contributed by atoms with van der Waals surface area (Å²) in [5.41, 5.74) is 7.36. The van der Waals surface area contributed by atoms with Gasteiger partial charge in [-0.3, -0.25) is 4.79 Å². The molecule has 0 fully saturated rings. The number of aliphatic carboxylic acids is 1. The summed E-state index contributed by atoms with van der Waals surface area (Å²) in [5, 5.41) is 11.7. The van der Waals surface area contributed by atoms with Crippen LogP contribution in [0.25, 0.3) is 0 Å². The van der Waals surface area contributed by atoms with Gasteiger partial charge in [0, 0.05) is 6.42 Å². The van der Waals surface area contributed by atoms with E-state index >= 15 is 0 Å². The molecule has 2 rings (SSSR count). The molecule has 6 heteroatoms. The van der Waals surface area contributed by atoms with Gasteiger partial charge in [-0.15, -0.1) is 0 Å². The summed E-state index contributed by atoms with van der Waals surface area (Å²) >= 11 is 0. The van der Waals surface area contributed by atoms with Gasteiger partial charge in [-0.05, 0) is 29.7 Å². The van der Waals surface area contributed by atoms with Crippen molar-refractivity contribution >= 4 is 11.9 Å². The van der Waals surface area contributed by atoms with Gasteiger partial charge < -0.3 is 16.2 Å². The quantitative estimate of drug-likeness (QED) is 0.717. The summed E-state index contributed by atoms with van der Waals surface area (Å²) in [4.78, 5) is 23.5. The van der Waals surface area contributed by atoms with Crippen LogP contribution < -0.4 is 11.1 Å². The molecule has 0 aliphatic carbocycles. The Balaban J connectivity index is 1.97. The highest BCUT2D eigenvalue weighted by Gasteiger charge is 2.23. The molecule has 2 aromatic carbocycles. The van der Waals surface area contributed by atoms with Crippen LogP contribution in [0.5, 0.6) is 0 Å². The summed E-state index contributed by atoms with van der Waals surface area (Å²) in [6, 6.07) is 12.7. The number of carbonyl (C=O) groups excluding carboxylic acids is 1. The van der Waals surface area contributed by atoms with Gasteiger partial charge in [0.25, 0.3) is 0 Å². The van der Waals surface area contributed by atoms with E-state index in [1.54, 1.807) is 0 Å². The molecule has 0 radical (unpaired) electrons. The van der Waals surface area contributed by atoms with Gasteiger partial charge in [0.1, 0.15) is 11.9 Å². The van der Waals surface area contributed by atoms with Crippen molar-refractivity contribution in [2.75, 3.05) is 0 Å². The lowest BCUT2D eigenvalue weighted by Crippen LogP contribution is -2.50. The second-order valence-electron chi connectivity index (χ2n) is 5.53. The van der Waals surface area contributed by atoms with E-state index in [-0.39, 0.29) is 6.42 Å². The zero-order valence-electron chi connectivity index (χ0n) is 13.0. The SMILES string of the molecule is NC(Cc1ccccc1)C(=O)NC(Cc1ccc(F)cc1)C(=O)O. The molecule has 0 bridgehead atoms. The molecule has 0 heterocycles. The molecule has 126 valence electrons. The van der Waals surface area contributed by atoms with E-state index in [0.717, 1.165) is 5.56 Å². The first-order valence-corrected chi connectivity index (χ1v) is 7.53. The minimum atomic E-state index is -1.17. The molecule has 2 unspecified atom stereocenters. The Kier molecular flexibility index (Phi) is 6.03. The predicted octanol–water partition coefficient (Wildman–Crippen LogP) is 1.51. The molecule has 1 amide bonds. The van der Waals surface area contributed by atoms with Crippen LogP contribution in [0.3, 0.4) is 0 Å². The molecule has 2 aromatic rings. The van der Waals surface area contributed by atoms with Gasteiger partial charge in [0.05, 0.1) is 6.04 Å². The Hall–Kier alpha value is -2.73. The zero-order chi connectivity index (χ0) is 17.5. The van der Waals surface area contributed by atoms with Gasteiger partial charge in [-0.25, -0.2) is 9.18 Å². The van der Waals surface area contributed by atoms with Gasteiger partial charge in [0.2, 0.25) is 5.91 Å². The number of carboxylic acid groups (broad SMARTS) is 1. The summed E-state index contributed by atoms with van der Waals surface area (Å²) in [6.45, 7) is 0. The third kappa shape index (κ3) is 5.17. The average molecular weight is 330 g/mol. The van der Waals surface area contributed by atoms with E-state index < -0.39 is 29.8 Å². The summed E-state index contributed by atoms with van der Waals surface area (Å²) in [6.07, 6.45) is 0.370. The second kappa shape index (κ2) is 8.21. The van der Waals surface area contributed by atoms with E-state index in [1.165, 1.54) is 24.3 Å². The van der Waals surface area contributed by atoms with Gasteiger partial charge in [-0.1, -0.05) is 42.5 Å². The number of benzene rings is 2. The van der Waals surface area contributed by atoms with Crippen LogP contribution in [0.1, 0.15) is 11.1 Å². The van der Waals surface area contributed by atoms with Crippen LogP contribution in [0.4, 0.5) is 4.39 Å². The average Bonchev–Trinajstić information content (AvgIpc) is 2.56. The van der Waals surface area contributed by atoms with Crippen molar-refractivity contribution in [3.8, 4) is 0 Å². The summed E-state index contributed by atoms with van der Waals surface area (Å²) in [5.74, 6) is -2.10. The number of halogens is 1. The van der Waals surface area contributed by atoms with Crippen molar-refractivity contribution in [3.05, 3.63) is 71.5 Å². The number of carbonyl (C=O) groups is 2. The summed E-state index contributed by atoms with van der Waals surface area (Å²) in [7, 11) is 0. The first-order valence-electron chi connectivity index (χ1n) is 7.53. The highest BCUT2D eigenvalue weighted by atomic mass is 19.1. The number of nitrogens with one attached hydrogen (secondary N) is 1. The second-order valence-corrected chi connectivity index (χ2v) is 5.53. The Morgan fingerprint density at radius 2 is 1.58 bits per heavy atom. The molecule has 0 aliphatic rings. The van der Waals surface area contributed by atoms with Gasteiger partial charge in [0.15, 0.2) is 0 Å². The lowest BCUT2D eigenvalue weighted by molar-refractivity contribution is -0.141. The number of rotatable bonds is 7. The Bertz CT molecular complexity index is 689. The predicted molar refractivity (Wildman–Crippen MR) is 87.8 cm³/mol. The lowest BCUT2D eigenvalue weighted by Gasteiger charge is -2.18. The molecular formula is C18H19FN2O3. The van der Waals surface area contributed by atoms with Gasteiger partial charge >= 0.3 is 5.97 Å². The topological polar surface area (TPSA) is 92.4 Å². The van der Waals surface area contributed by atoms with E-state index in [2.05, 4.69) is 5.32 Å². The third-order valence-electron chi connectivity index (χ3n) is 3.60. The van der Waals surface area contributed by atoms with Crippen LogP contribution in [0.15, 0.2) is 54.6 Å². The fraction of sp³-hybridized carbons (Fsp3) is 0.222. The maximum atomic E-state index is 12.9. The molecule has 4 N–H and O–H groups in total. The molecule has 24 heavy (non-hydrogen) atoms. The minimum Gasteiger partial charge on any atom is -0.480 e. The maximum absolute atomic E-state index is 12.9. The van der Waals surface area contributed by atoms with Crippen LogP contribution in [-0.4, -0.2) is 29.1 Å². The number of hydrogen-bond donors (Lipinski definition) is 3. The Morgan fingerprint density at radius 3 is 2.17 bits per heavy atom. The van der Waals surface area contributed by atoms with Crippen LogP contribution >= 0.6 is 0 Å². The van der Waals surface area contributed by atoms with E-state index in [4.69, 9.17) is 5.73 Å². The molecular weight excluding hydrogens is 311 g/mol. The monoisotopic (exact) mass is 330 g/mol. The zero-order valence-corrected chi connectivity index (χ0v) is 13.0. The standard InChI is InChI=1S/C18H19FN2O3/c19-14-8-6-13(7-9-14)11-16(18(23)24)21-17(22)15(20)10-12-4-2-1-3-5-12/h1-9,15-16H,10-11,20H2,(H,21,22)(H,23,24). The van der Waals surface area contributed by atoms with E-state index in [1.807, 2.05) is 30.3 Å². The Labute approximate surface area is 139 Å². The smallest absolute Gasteiger partial charge is 0.326 e. The fourth-order valence-corrected chi connectivity index (χ4v) is 2.30. The fourth-order valence-electron chi connectivity index (χ4n) is 2.30.